The van der Waals surface area contributed by atoms with Crippen LogP contribution < -0.4 is 16.0 Å². The van der Waals surface area contributed by atoms with Crippen LogP contribution in [0.25, 0.3) is 0 Å². The van der Waals surface area contributed by atoms with Crippen molar-refractivity contribution in [3.63, 3.8) is 0 Å². The van der Waals surface area contributed by atoms with E-state index in [-0.39, 0.29) is 18.8 Å². The Labute approximate surface area is 201 Å². The molecule has 0 saturated carbocycles. The molecule has 34 heavy (non-hydrogen) atoms. The average Bonchev–Trinajstić information content (AvgIpc) is 2.81. The lowest BCUT2D eigenvalue weighted by atomic mass is 9.98. The van der Waals surface area contributed by atoms with Gasteiger partial charge in [-0.15, -0.1) is 0 Å². The molecule has 3 N–H and O–H groups in total. The van der Waals surface area contributed by atoms with Gasteiger partial charge in [-0.3, -0.25) is 14.4 Å². The quantitative estimate of drug-likeness (QED) is 0.387. The van der Waals surface area contributed by atoms with Crippen molar-refractivity contribution in [3.05, 3.63) is 35.9 Å². The van der Waals surface area contributed by atoms with Crippen molar-refractivity contribution in [2.24, 2.45) is 5.92 Å². The summed E-state index contributed by atoms with van der Waals surface area (Å²) in [6, 6.07) is 6.63. The van der Waals surface area contributed by atoms with Crippen LogP contribution >= 0.6 is 0 Å². The number of carbonyl (C=O) groups is 4. The molecule has 1 heterocycles. The molecule has 9 nitrogen and oxygen atoms in total. The van der Waals surface area contributed by atoms with Gasteiger partial charge in [0.25, 0.3) is 0 Å². The average molecular weight is 476 g/mol. The predicted molar refractivity (Wildman–Crippen MR) is 127 cm³/mol. The van der Waals surface area contributed by atoms with Crippen molar-refractivity contribution < 1.29 is 28.7 Å². The molecule has 1 saturated heterocycles. The van der Waals surface area contributed by atoms with Crippen molar-refractivity contribution >= 4 is 23.7 Å². The molecule has 1 aliphatic rings. The highest BCUT2D eigenvalue weighted by Crippen LogP contribution is 2.16. The number of hydrogen-bond acceptors (Lipinski definition) is 6. The predicted octanol–water partition coefficient (Wildman–Crippen LogP) is 1.49. The zero-order valence-corrected chi connectivity index (χ0v) is 20.5. The van der Waals surface area contributed by atoms with Gasteiger partial charge in [-0.25, -0.2) is 4.79 Å². The van der Waals surface area contributed by atoms with Crippen molar-refractivity contribution in [3.8, 4) is 0 Å². The fourth-order valence-corrected chi connectivity index (χ4v) is 3.74. The van der Waals surface area contributed by atoms with Crippen molar-refractivity contribution in [2.75, 3.05) is 13.7 Å². The summed E-state index contributed by atoms with van der Waals surface area (Å²) < 4.78 is 10.8. The highest BCUT2D eigenvalue weighted by Gasteiger charge is 2.33. The summed E-state index contributed by atoms with van der Waals surface area (Å²) in [4.78, 5) is 51.8. The van der Waals surface area contributed by atoms with Crippen LogP contribution in [-0.2, 0) is 35.1 Å². The number of carbonyl (C=O) groups excluding carboxylic acids is 4. The first-order valence-electron chi connectivity index (χ1n) is 11.9. The number of rotatable bonds is 8. The summed E-state index contributed by atoms with van der Waals surface area (Å²) in [6.07, 6.45) is 1.10. The number of nitrogens with one attached hydrogen (secondary N) is 3. The minimum Gasteiger partial charge on any atom is -0.460 e. The van der Waals surface area contributed by atoms with E-state index >= 15 is 0 Å². The maximum atomic E-state index is 13.0. The zero-order valence-electron chi connectivity index (χ0n) is 20.5. The topological polar surface area (TPSA) is 123 Å². The number of cyclic esters (lactones) is 1. The Kier molecular flexibility index (Phi) is 11.0. The van der Waals surface area contributed by atoms with E-state index in [0.29, 0.717) is 25.9 Å². The maximum absolute atomic E-state index is 13.0. The van der Waals surface area contributed by atoms with Gasteiger partial charge in [0.15, 0.2) is 0 Å². The molecule has 1 fully saturated rings. The van der Waals surface area contributed by atoms with Crippen molar-refractivity contribution in [1.82, 2.24) is 16.0 Å². The summed E-state index contributed by atoms with van der Waals surface area (Å²) in [5.41, 5.74) is 0.865. The van der Waals surface area contributed by atoms with Crippen LogP contribution in [0, 0.1) is 5.92 Å². The van der Waals surface area contributed by atoms with E-state index < -0.39 is 47.9 Å². The first-order chi connectivity index (χ1) is 16.2. The SMILES string of the molecule is CC[C@H](C)[C@H]1NC(=O)[C@@H](C)NC(=O)[C@@H](Cc2ccccc2)NC(=O)C[C@@H](CCCOC)OC1=O. The first-order valence-corrected chi connectivity index (χ1v) is 11.9. The van der Waals surface area contributed by atoms with Gasteiger partial charge < -0.3 is 25.4 Å². The number of esters is 1. The van der Waals surface area contributed by atoms with Gasteiger partial charge in [-0.05, 0) is 31.2 Å². The maximum Gasteiger partial charge on any atom is 0.329 e. The molecule has 1 aromatic carbocycles. The van der Waals surface area contributed by atoms with Crippen LogP contribution in [0.3, 0.4) is 0 Å². The van der Waals surface area contributed by atoms with E-state index in [1.54, 1.807) is 14.0 Å². The molecule has 5 atom stereocenters. The second-order valence-corrected chi connectivity index (χ2v) is 8.81. The van der Waals surface area contributed by atoms with Crippen LogP contribution in [0.5, 0.6) is 0 Å². The Balaban J connectivity index is 2.32. The van der Waals surface area contributed by atoms with E-state index in [2.05, 4.69) is 16.0 Å². The molecular formula is C25H37N3O6. The number of amides is 3. The second-order valence-electron chi connectivity index (χ2n) is 8.81. The largest absolute Gasteiger partial charge is 0.460 e. The van der Waals surface area contributed by atoms with E-state index in [0.717, 1.165) is 5.56 Å². The molecule has 0 unspecified atom stereocenters. The summed E-state index contributed by atoms with van der Waals surface area (Å²) in [7, 11) is 1.58. The summed E-state index contributed by atoms with van der Waals surface area (Å²) >= 11 is 0. The molecule has 3 amide bonds. The molecule has 0 spiro atoms. The Morgan fingerprint density at radius 1 is 1.06 bits per heavy atom. The number of methoxy groups -OCH3 is 1. The van der Waals surface area contributed by atoms with E-state index in [4.69, 9.17) is 9.47 Å². The normalized spacial score (nSPS) is 25.5. The first kappa shape index (κ1) is 27.3. The summed E-state index contributed by atoms with van der Waals surface area (Å²) in [5, 5.41) is 8.17. The Morgan fingerprint density at radius 3 is 2.41 bits per heavy atom. The standard InChI is InChI=1S/C25H37N3O6/c1-5-16(2)22-25(32)34-19(12-9-13-33-4)15-21(29)27-20(14-18-10-7-6-8-11-18)24(31)26-17(3)23(30)28-22/h6-8,10-11,16-17,19-20,22H,5,9,12-15H2,1-4H3,(H,26,31)(H,27,29)(H,28,30)/t16-,17+,19+,20+,22+/m0/s1. The van der Waals surface area contributed by atoms with Crippen LogP contribution in [0.15, 0.2) is 30.3 Å². The lowest BCUT2D eigenvalue weighted by Gasteiger charge is -2.26. The van der Waals surface area contributed by atoms with E-state index in [9.17, 15) is 19.2 Å². The summed E-state index contributed by atoms with van der Waals surface area (Å²) in [6.45, 7) is 5.75. The minimum atomic E-state index is -0.903. The van der Waals surface area contributed by atoms with Crippen molar-refractivity contribution in [2.45, 2.75) is 77.1 Å². The Hall–Kier alpha value is -2.94. The van der Waals surface area contributed by atoms with Crippen molar-refractivity contribution in [1.29, 1.82) is 0 Å². The molecule has 9 heteroatoms. The second kappa shape index (κ2) is 13.7. The third kappa shape index (κ3) is 8.44. The third-order valence-corrected chi connectivity index (χ3v) is 6.02. The van der Waals surface area contributed by atoms with Crippen LogP contribution in [0.1, 0.15) is 52.0 Å². The molecule has 0 bridgehead atoms. The molecule has 1 aliphatic heterocycles. The van der Waals surface area contributed by atoms with Gasteiger partial charge in [-0.1, -0.05) is 50.6 Å². The number of benzene rings is 1. The summed E-state index contributed by atoms with van der Waals surface area (Å²) in [5.74, 6) is -2.14. The van der Waals surface area contributed by atoms with Gasteiger partial charge in [0.2, 0.25) is 17.7 Å². The molecule has 188 valence electrons. The lowest BCUT2D eigenvalue weighted by molar-refractivity contribution is -0.156. The van der Waals surface area contributed by atoms with Gasteiger partial charge in [0.1, 0.15) is 24.2 Å². The molecule has 0 radical (unpaired) electrons. The molecule has 0 aliphatic carbocycles. The fraction of sp³-hybridized carbons (Fsp3) is 0.600. The van der Waals surface area contributed by atoms with Gasteiger partial charge >= 0.3 is 5.97 Å². The van der Waals surface area contributed by atoms with E-state index in [1.807, 2.05) is 44.2 Å². The Bertz CT molecular complexity index is 831. The lowest BCUT2D eigenvalue weighted by Crippen LogP contribution is -2.55. The van der Waals surface area contributed by atoms with Crippen LogP contribution in [0.2, 0.25) is 0 Å². The molecule has 1 aromatic rings. The highest BCUT2D eigenvalue weighted by atomic mass is 16.5. The van der Waals surface area contributed by atoms with Crippen LogP contribution in [-0.4, -0.2) is 61.6 Å². The monoisotopic (exact) mass is 475 g/mol. The molecular weight excluding hydrogens is 438 g/mol. The fourth-order valence-electron chi connectivity index (χ4n) is 3.74. The smallest absolute Gasteiger partial charge is 0.329 e. The van der Waals surface area contributed by atoms with Gasteiger partial charge in [0, 0.05) is 20.1 Å². The minimum absolute atomic E-state index is 0.0925. The van der Waals surface area contributed by atoms with Crippen LogP contribution in [0.4, 0.5) is 0 Å². The zero-order chi connectivity index (χ0) is 25.1. The Morgan fingerprint density at radius 2 is 1.76 bits per heavy atom. The molecule has 2 rings (SSSR count). The van der Waals surface area contributed by atoms with Gasteiger partial charge in [0.05, 0.1) is 6.42 Å². The molecule has 0 aromatic heterocycles. The number of hydrogen-bond donors (Lipinski definition) is 3. The third-order valence-electron chi connectivity index (χ3n) is 6.02. The highest BCUT2D eigenvalue weighted by molar-refractivity contribution is 5.94. The van der Waals surface area contributed by atoms with E-state index in [1.165, 1.54) is 0 Å². The van der Waals surface area contributed by atoms with Gasteiger partial charge in [-0.2, -0.15) is 0 Å². The number of ether oxygens (including phenoxy) is 2.